The van der Waals surface area contributed by atoms with Gasteiger partial charge in [0.15, 0.2) is 0 Å². The van der Waals surface area contributed by atoms with Gasteiger partial charge in [-0.05, 0) is 19.1 Å². The minimum absolute atomic E-state index is 0.201. The second-order valence-electron chi connectivity index (χ2n) is 4.78. The summed E-state index contributed by atoms with van der Waals surface area (Å²) in [5, 5.41) is 10.2. The number of aromatic nitrogens is 1. The smallest absolute Gasteiger partial charge is 0.130 e. The normalized spacial score (nSPS) is 19.4. The molecule has 19 heavy (non-hydrogen) atoms. The number of hydrogen-bond donors (Lipinski definition) is 0. The molecular weight excluding hydrogens is 238 g/mol. The molecule has 96 valence electrons. The number of hydrogen-bond acceptors (Lipinski definition) is 4. The quantitative estimate of drug-likeness (QED) is 0.782. The number of nitrogens with zero attached hydrogens (tertiary/aromatic N) is 3. The number of morpholine rings is 1. The molecule has 4 heteroatoms. The molecule has 2 heterocycles. The van der Waals surface area contributed by atoms with E-state index in [9.17, 15) is 5.26 Å². The maximum absolute atomic E-state index is 9.29. The van der Waals surface area contributed by atoms with Crippen LogP contribution in [0.25, 0.3) is 10.9 Å². The number of para-hydroxylation sites is 1. The Hall–Kier alpha value is -2.12. The first-order valence-corrected chi connectivity index (χ1v) is 6.44. The van der Waals surface area contributed by atoms with Crippen LogP contribution in [0, 0.1) is 11.3 Å². The van der Waals surface area contributed by atoms with Crippen LogP contribution in [0.15, 0.2) is 30.3 Å². The van der Waals surface area contributed by atoms with Gasteiger partial charge < -0.3 is 9.64 Å². The lowest BCUT2D eigenvalue weighted by Gasteiger charge is -2.32. The molecule has 0 spiro atoms. The molecule has 0 aliphatic carbocycles. The average molecular weight is 253 g/mol. The van der Waals surface area contributed by atoms with Gasteiger partial charge in [-0.15, -0.1) is 0 Å². The van der Waals surface area contributed by atoms with Crippen molar-refractivity contribution in [3.8, 4) is 6.07 Å². The van der Waals surface area contributed by atoms with Crippen LogP contribution in [0.5, 0.6) is 0 Å². The Kier molecular flexibility index (Phi) is 3.06. The van der Waals surface area contributed by atoms with Crippen molar-refractivity contribution in [3.05, 3.63) is 35.9 Å². The van der Waals surface area contributed by atoms with E-state index in [1.165, 1.54) is 0 Å². The van der Waals surface area contributed by atoms with Gasteiger partial charge in [0.05, 0.1) is 29.9 Å². The summed E-state index contributed by atoms with van der Waals surface area (Å²) in [6.07, 6.45) is 0.201. The van der Waals surface area contributed by atoms with E-state index in [4.69, 9.17) is 4.74 Å². The topological polar surface area (TPSA) is 49.2 Å². The van der Waals surface area contributed by atoms with E-state index in [0.717, 1.165) is 29.8 Å². The molecule has 0 bridgehead atoms. The number of benzene rings is 1. The predicted octanol–water partition coefficient (Wildman–Crippen LogP) is 2.33. The van der Waals surface area contributed by atoms with E-state index in [1.54, 1.807) is 0 Å². The highest BCUT2D eigenvalue weighted by molar-refractivity contribution is 5.86. The van der Waals surface area contributed by atoms with Crippen LogP contribution in [-0.4, -0.2) is 30.8 Å². The van der Waals surface area contributed by atoms with E-state index < -0.39 is 0 Å². The van der Waals surface area contributed by atoms with E-state index in [0.29, 0.717) is 12.2 Å². The van der Waals surface area contributed by atoms with Gasteiger partial charge in [-0.1, -0.05) is 18.2 Å². The maximum Gasteiger partial charge on any atom is 0.130 e. The predicted molar refractivity (Wildman–Crippen MR) is 74.1 cm³/mol. The molecule has 1 aromatic carbocycles. The number of fused-ring (bicyclic) bond motifs is 1. The lowest BCUT2D eigenvalue weighted by Crippen LogP contribution is -2.41. The third-order valence-corrected chi connectivity index (χ3v) is 3.39. The van der Waals surface area contributed by atoms with Crippen molar-refractivity contribution in [1.29, 1.82) is 5.26 Å². The molecule has 1 aliphatic rings. The van der Waals surface area contributed by atoms with Gasteiger partial charge in [0.25, 0.3) is 0 Å². The van der Waals surface area contributed by atoms with Crippen LogP contribution in [0.2, 0.25) is 0 Å². The van der Waals surface area contributed by atoms with E-state index in [-0.39, 0.29) is 6.10 Å². The summed E-state index contributed by atoms with van der Waals surface area (Å²) in [6, 6.07) is 11.9. The summed E-state index contributed by atoms with van der Waals surface area (Å²) in [5.41, 5.74) is 1.55. The number of pyridine rings is 1. The second-order valence-corrected chi connectivity index (χ2v) is 4.78. The van der Waals surface area contributed by atoms with E-state index in [2.05, 4.69) is 22.9 Å². The molecule has 2 aromatic rings. The Morgan fingerprint density at radius 1 is 1.42 bits per heavy atom. The Balaban J connectivity index is 2.07. The summed E-state index contributed by atoms with van der Waals surface area (Å²) < 4.78 is 5.54. The minimum Gasteiger partial charge on any atom is -0.375 e. The second kappa shape index (κ2) is 4.87. The third kappa shape index (κ3) is 2.25. The van der Waals surface area contributed by atoms with Gasteiger partial charge in [0, 0.05) is 18.5 Å². The van der Waals surface area contributed by atoms with Crippen molar-refractivity contribution in [2.45, 2.75) is 13.0 Å². The molecule has 1 fully saturated rings. The van der Waals surface area contributed by atoms with Crippen molar-refractivity contribution in [3.63, 3.8) is 0 Å². The molecule has 4 nitrogen and oxygen atoms in total. The largest absolute Gasteiger partial charge is 0.375 e. The van der Waals surface area contributed by atoms with Gasteiger partial charge in [-0.3, -0.25) is 0 Å². The van der Waals surface area contributed by atoms with Crippen LogP contribution in [0.4, 0.5) is 5.82 Å². The van der Waals surface area contributed by atoms with Crippen LogP contribution >= 0.6 is 0 Å². The Morgan fingerprint density at radius 3 is 3.05 bits per heavy atom. The van der Waals surface area contributed by atoms with Crippen LogP contribution < -0.4 is 4.90 Å². The average Bonchev–Trinajstić information content (AvgIpc) is 2.46. The van der Waals surface area contributed by atoms with Crippen molar-refractivity contribution < 1.29 is 4.74 Å². The highest BCUT2D eigenvalue weighted by Gasteiger charge is 2.19. The summed E-state index contributed by atoms with van der Waals surface area (Å²) in [5.74, 6) is 0.866. The Labute approximate surface area is 112 Å². The SMILES string of the molecule is CC1CN(c2cc(C#N)c3ccccc3n2)CCO1. The lowest BCUT2D eigenvalue weighted by molar-refractivity contribution is 0.0529. The molecule has 1 aromatic heterocycles. The number of nitriles is 1. The summed E-state index contributed by atoms with van der Waals surface area (Å²) in [4.78, 5) is 6.84. The fraction of sp³-hybridized carbons (Fsp3) is 0.333. The van der Waals surface area contributed by atoms with Crippen LogP contribution in [0.3, 0.4) is 0 Å². The van der Waals surface area contributed by atoms with Crippen molar-refractivity contribution in [2.24, 2.45) is 0 Å². The minimum atomic E-state index is 0.201. The van der Waals surface area contributed by atoms with Crippen LogP contribution in [-0.2, 0) is 4.74 Å². The first-order chi connectivity index (χ1) is 9.28. The highest BCUT2D eigenvalue weighted by Crippen LogP contribution is 2.23. The van der Waals surface area contributed by atoms with Gasteiger partial charge in [0.1, 0.15) is 5.82 Å². The van der Waals surface area contributed by atoms with Gasteiger partial charge >= 0.3 is 0 Å². The Bertz CT molecular complexity index is 647. The first-order valence-electron chi connectivity index (χ1n) is 6.44. The molecule has 1 saturated heterocycles. The zero-order valence-electron chi connectivity index (χ0n) is 10.8. The molecular formula is C15H15N3O. The standard InChI is InChI=1S/C15H15N3O/c1-11-10-18(6-7-19-11)15-8-12(9-16)13-4-2-3-5-14(13)17-15/h2-5,8,11H,6-7,10H2,1H3. The number of rotatable bonds is 1. The Morgan fingerprint density at radius 2 is 2.26 bits per heavy atom. The fourth-order valence-electron chi connectivity index (χ4n) is 2.44. The molecule has 0 radical (unpaired) electrons. The molecule has 0 N–H and O–H groups in total. The van der Waals surface area contributed by atoms with Crippen molar-refractivity contribution in [2.75, 3.05) is 24.6 Å². The zero-order chi connectivity index (χ0) is 13.2. The molecule has 3 rings (SSSR count). The van der Waals surface area contributed by atoms with Gasteiger partial charge in [-0.25, -0.2) is 4.98 Å². The van der Waals surface area contributed by atoms with Crippen molar-refractivity contribution in [1.82, 2.24) is 4.98 Å². The summed E-state index contributed by atoms with van der Waals surface area (Å²) in [7, 11) is 0. The molecule has 0 amide bonds. The van der Waals surface area contributed by atoms with E-state index in [1.807, 2.05) is 30.3 Å². The van der Waals surface area contributed by atoms with Gasteiger partial charge in [0.2, 0.25) is 0 Å². The van der Waals surface area contributed by atoms with E-state index >= 15 is 0 Å². The summed E-state index contributed by atoms with van der Waals surface area (Å²) in [6.45, 7) is 4.40. The monoisotopic (exact) mass is 253 g/mol. The van der Waals surface area contributed by atoms with Crippen molar-refractivity contribution >= 4 is 16.7 Å². The molecule has 1 aliphatic heterocycles. The first kappa shape index (κ1) is 11.9. The highest BCUT2D eigenvalue weighted by atomic mass is 16.5. The van der Waals surface area contributed by atoms with Crippen LogP contribution in [0.1, 0.15) is 12.5 Å². The number of ether oxygens (including phenoxy) is 1. The molecule has 1 unspecified atom stereocenters. The lowest BCUT2D eigenvalue weighted by atomic mass is 10.1. The fourth-order valence-corrected chi connectivity index (χ4v) is 2.44. The zero-order valence-corrected chi connectivity index (χ0v) is 10.8. The molecule has 1 atom stereocenters. The number of anilines is 1. The van der Waals surface area contributed by atoms with Gasteiger partial charge in [-0.2, -0.15) is 5.26 Å². The third-order valence-electron chi connectivity index (χ3n) is 3.39. The molecule has 0 saturated carbocycles. The maximum atomic E-state index is 9.29. The summed E-state index contributed by atoms with van der Waals surface area (Å²) >= 11 is 0.